The van der Waals surface area contributed by atoms with Gasteiger partial charge < -0.3 is 10.0 Å². The van der Waals surface area contributed by atoms with E-state index in [1.807, 2.05) is 13.0 Å². The molecule has 5 nitrogen and oxygen atoms in total. The zero-order valence-electron chi connectivity index (χ0n) is 12.8. The molecule has 0 spiro atoms. The molecular weight excluding hydrogens is 254 g/mol. The van der Waals surface area contributed by atoms with Gasteiger partial charge in [-0.25, -0.2) is 0 Å². The molecule has 1 N–H and O–H groups in total. The van der Waals surface area contributed by atoms with Crippen molar-refractivity contribution in [3.8, 4) is 0 Å². The first kappa shape index (κ1) is 15.0. The van der Waals surface area contributed by atoms with Crippen LogP contribution >= 0.6 is 0 Å². The first-order chi connectivity index (χ1) is 9.49. The highest BCUT2D eigenvalue weighted by molar-refractivity contribution is 5.93. The van der Waals surface area contributed by atoms with Crippen molar-refractivity contribution in [3.63, 3.8) is 0 Å². The summed E-state index contributed by atoms with van der Waals surface area (Å²) in [6.45, 7) is 9.66. The molecule has 1 aromatic heterocycles. The third-order valence-corrected chi connectivity index (χ3v) is 4.24. The van der Waals surface area contributed by atoms with Crippen LogP contribution in [0.2, 0.25) is 0 Å². The molecule has 2 rings (SSSR count). The van der Waals surface area contributed by atoms with E-state index >= 15 is 0 Å². The third-order valence-electron chi connectivity index (χ3n) is 4.24. The number of carbonyl (C=O) groups excluding carboxylic acids is 1. The van der Waals surface area contributed by atoms with Gasteiger partial charge >= 0.3 is 0 Å². The van der Waals surface area contributed by atoms with Crippen molar-refractivity contribution in [1.29, 1.82) is 0 Å². The van der Waals surface area contributed by atoms with Crippen molar-refractivity contribution in [2.75, 3.05) is 13.2 Å². The second-order valence-electron chi connectivity index (χ2n) is 5.94. The van der Waals surface area contributed by atoms with Gasteiger partial charge in [0.1, 0.15) is 5.69 Å². The van der Waals surface area contributed by atoms with Crippen LogP contribution in [0.1, 0.15) is 56.2 Å². The van der Waals surface area contributed by atoms with E-state index in [4.69, 9.17) is 0 Å². The maximum absolute atomic E-state index is 12.7. The molecule has 2 unspecified atom stereocenters. The van der Waals surface area contributed by atoms with Gasteiger partial charge in [0, 0.05) is 13.1 Å². The first-order valence-electron chi connectivity index (χ1n) is 7.49. The van der Waals surface area contributed by atoms with Crippen LogP contribution in [0.15, 0.2) is 6.07 Å². The molecule has 0 bridgehead atoms. The predicted molar refractivity (Wildman–Crippen MR) is 77.7 cm³/mol. The van der Waals surface area contributed by atoms with Gasteiger partial charge in [-0.05, 0) is 31.2 Å². The molecule has 0 aromatic carbocycles. The Morgan fingerprint density at radius 1 is 1.55 bits per heavy atom. The average Bonchev–Trinajstić information content (AvgIpc) is 3.01. The fourth-order valence-electron chi connectivity index (χ4n) is 2.82. The van der Waals surface area contributed by atoms with Crippen LogP contribution in [-0.2, 0) is 6.54 Å². The maximum atomic E-state index is 12.7. The SMILES string of the molecule is CCn1nc(C(C)C)cc1C(=O)N1CCC(C)C1CO. The van der Waals surface area contributed by atoms with Crippen molar-refractivity contribution in [1.82, 2.24) is 14.7 Å². The van der Waals surface area contributed by atoms with Gasteiger partial charge in [-0.1, -0.05) is 20.8 Å². The zero-order valence-corrected chi connectivity index (χ0v) is 12.8. The second kappa shape index (κ2) is 5.95. The van der Waals surface area contributed by atoms with Crippen LogP contribution in [0.25, 0.3) is 0 Å². The quantitative estimate of drug-likeness (QED) is 0.915. The maximum Gasteiger partial charge on any atom is 0.272 e. The highest BCUT2D eigenvalue weighted by Crippen LogP contribution is 2.26. The molecule has 1 saturated heterocycles. The fraction of sp³-hybridized carbons (Fsp3) is 0.733. The Hall–Kier alpha value is -1.36. The molecule has 1 aliphatic heterocycles. The Bertz CT molecular complexity index is 481. The lowest BCUT2D eigenvalue weighted by molar-refractivity contribution is 0.0636. The molecule has 112 valence electrons. The largest absolute Gasteiger partial charge is 0.394 e. The number of hydrogen-bond donors (Lipinski definition) is 1. The summed E-state index contributed by atoms with van der Waals surface area (Å²) >= 11 is 0. The van der Waals surface area contributed by atoms with Crippen LogP contribution < -0.4 is 0 Å². The van der Waals surface area contributed by atoms with Gasteiger partial charge in [-0.3, -0.25) is 9.48 Å². The summed E-state index contributed by atoms with van der Waals surface area (Å²) in [6, 6.07) is 1.83. The monoisotopic (exact) mass is 279 g/mol. The Kier molecular flexibility index (Phi) is 4.48. The van der Waals surface area contributed by atoms with Crippen molar-refractivity contribution < 1.29 is 9.90 Å². The van der Waals surface area contributed by atoms with Crippen LogP contribution in [0.5, 0.6) is 0 Å². The summed E-state index contributed by atoms with van der Waals surface area (Å²) < 4.78 is 1.77. The molecular formula is C15H25N3O2. The van der Waals surface area contributed by atoms with E-state index < -0.39 is 0 Å². The number of carbonyl (C=O) groups is 1. The molecule has 1 aromatic rings. The van der Waals surface area contributed by atoms with Crippen molar-refractivity contribution >= 4 is 5.91 Å². The van der Waals surface area contributed by atoms with Crippen LogP contribution in [-0.4, -0.2) is 44.9 Å². The number of aromatic nitrogens is 2. The van der Waals surface area contributed by atoms with Gasteiger partial charge in [0.15, 0.2) is 0 Å². The molecule has 2 atom stereocenters. The molecule has 1 fully saturated rings. The number of amides is 1. The van der Waals surface area contributed by atoms with Gasteiger partial charge in [0.2, 0.25) is 0 Å². The highest BCUT2D eigenvalue weighted by atomic mass is 16.3. The molecule has 2 heterocycles. The number of aliphatic hydroxyl groups excluding tert-OH is 1. The topological polar surface area (TPSA) is 58.4 Å². The number of nitrogens with zero attached hydrogens (tertiary/aromatic N) is 3. The van der Waals surface area contributed by atoms with Crippen LogP contribution in [0.3, 0.4) is 0 Å². The van der Waals surface area contributed by atoms with E-state index in [1.54, 1.807) is 9.58 Å². The standard InChI is InChI=1S/C15H25N3O2/c1-5-18-13(8-12(16-18)10(2)3)15(20)17-7-6-11(4)14(17)9-19/h8,10-11,14,19H,5-7,9H2,1-4H3. The van der Waals surface area contributed by atoms with E-state index in [2.05, 4.69) is 25.9 Å². The summed E-state index contributed by atoms with van der Waals surface area (Å²) in [4.78, 5) is 14.5. The van der Waals surface area contributed by atoms with Crippen molar-refractivity contribution in [3.05, 3.63) is 17.5 Å². The number of likely N-dealkylation sites (tertiary alicyclic amines) is 1. The number of aliphatic hydroxyl groups is 1. The van der Waals surface area contributed by atoms with Gasteiger partial charge in [-0.15, -0.1) is 0 Å². The lowest BCUT2D eigenvalue weighted by Gasteiger charge is -2.25. The lowest BCUT2D eigenvalue weighted by atomic mass is 10.0. The Morgan fingerprint density at radius 2 is 2.25 bits per heavy atom. The molecule has 0 radical (unpaired) electrons. The minimum Gasteiger partial charge on any atom is -0.394 e. The minimum atomic E-state index is -0.0646. The second-order valence-corrected chi connectivity index (χ2v) is 5.94. The van der Waals surface area contributed by atoms with Crippen LogP contribution in [0.4, 0.5) is 0 Å². The summed E-state index contributed by atoms with van der Waals surface area (Å²) in [7, 11) is 0. The third kappa shape index (κ3) is 2.59. The van der Waals surface area contributed by atoms with Crippen molar-refractivity contribution in [2.45, 2.75) is 52.6 Å². The van der Waals surface area contributed by atoms with Gasteiger partial charge in [0.05, 0.1) is 18.3 Å². The Balaban J connectivity index is 2.29. The summed E-state index contributed by atoms with van der Waals surface area (Å²) in [5.74, 6) is 0.654. The molecule has 5 heteroatoms. The Morgan fingerprint density at radius 3 is 2.80 bits per heavy atom. The average molecular weight is 279 g/mol. The van der Waals surface area contributed by atoms with E-state index in [1.165, 1.54) is 0 Å². The molecule has 0 aliphatic carbocycles. The number of rotatable bonds is 4. The van der Waals surface area contributed by atoms with E-state index in [9.17, 15) is 9.90 Å². The smallest absolute Gasteiger partial charge is 0.272 e. The van der Waals surface area contributed by atoms with Gasteiger partial charge in [-0.2, -0.15) is 5.10 Å². The fourth-order valence-corrected chi connectivity index (χ4v) is 2.82. The molecule has 0 saturated carbocycles. The Labute approximate surface area is 120 Å². The highest BCUT2D eigenvalue weighted by Gasteiger charge is 2.35. The molecule has 1 aliphatic rings. The predicted octanol–water partition coefficient (Wildman–Crippen LogP) is 1.87. The molecule has 20 heavy (non-hydrogen) atoms. The van der Waals surface area contributed by atoms with E-state index in [0.29, 0.717) is 24.1 Å². The first-order valence-corrected chi connectivity index (χ1v) is 7.49. The minimum absolute atomic E-state index is 0.00495. The summed E-state index contributed by atoms with van der Waals surface area (Å²) in [5.41, 5.74) is 1.59. The molecule has 1 amide bonds. The number of hydrogen-bond acceptors (Lipinski definition) is 3. The summed E-state index contributed by atoms with van der Waals surface area (Å²) in [6.07, 6.45) is 0.953. The summed E-state index contributed by atoms with van der Waals surface area (Å²) in [5, 5.41) is 14.0. The van der Waals surface area contributed by atoms with E-state index in [-0.39, 0.29) is 18.6 Å². The normalized spacial score (nSPS) is 22.8. The van der Waals surface area contributed by atoms with Crippen LogP contribution in [0, 0.1) is 5.92 Å². The van der Waals surface area contributed by atoms with E-state index in [0.717, 1.165) is 18.7 Å². The van der Waals surface area contributed by atoms with Crippen molar-refractivity contribution in [2.24, 2.45) is 5.92 Å². The van der Waals surface area contributed by atoms with Gasteiger partial charge in [0.25, 0.3) is 5.91 Å². The lowest BCUT2D eigenvalue weighted by Crippen LogP contribution is -2.40. The zero-order chi connectivity index (χ0) is 14.9. The number of aryl methyl sites for hydroxylation is 1.